The maximum absolute atomic E-state index is 12.3. The number of hydrogen-bond acceptors (Lipinski definition) is 2. The summed E-state index contributed by atoms with van der Waals surface area (Å²) in [6.45, 7) is 6.12. The molecule has 2 rings (SSSR count). The summed E-state index contributed by atoms with van der Waals surface area (Å²) < 4.78 is 0. The lowest BCUT2D eigenvalue weighted by atomic mass is 9.82. The molecule has 1 amide bonds. The minimum Gasteiger partial charge on any atom is -0.398 e. The number of carbonyl (C=O) groups is 1. The highest BCUT2D eigenvalue weighted by Gasteiger charge is 2.28. The summed E-state index contributed by atoms with van der Waals surface area (Å²) in [4.78, 5) is 14.2. The summed E-state index contributed by atoms with van der Waals surface area (Å²) in [5.74, 6) is 0.0485. The van der Waals surface area contributed by atoms with E-state index in [9.17, 15) is 4.79 Å². The Kier molecular flexibility index (Phi) is 3.53. The molecule has 18 heavy (non-hydrogen) atoms. The Morgan fingerprint density at radius 1 is 1.33 bits per heavy atom. The third-order valence-corrected chi connectivity index (χ3v) is 3.98. The second kappa shape index (κ2) is 4.81. The van der Waals surface area contributed by atoms with Gasteiger partial charge in [-0.05, 0) is 36.5 Å². The minimum atomic E-state index is 0.0485. The number of nitrogens with zero attached hydrogens (tertiary/aromatic N) is 1. The van der Waals surface area contributed by atoms with Gasteiger partial charge in [0.25, 0.3) is 5.91 Å². The molecule has 0 spiro atoms. The summed E-state index contributed by atoms with van der Waals surface area (Å²) in [6, 6.07) is 5.08. The summed E-state index contributed by atoms with van der Waals surface area (Å²) in [5.41, 5.74) is 7.12. The fourth-order valence-electron chi connectivity index (χ4n) is 2.16. The van der Waals surface area contributed by atoms with Crippen LogP contribution >= 0.6 is 11.6 Å². The highest BCUT2D eigenvalue weighted by molar-refractivity contribution is 6.33. The van der Waals surface area contributed by atoms with Crippen LogP contribution < -0.4 is 5.73 Å². The van der Waals surface area contributed by atoms with E-state index in [0.29, 0.717) is 21.7 Å². The maximum atomic E-state index is 12.3. The van der Waals surface area contributed by atoms with Crippen LogP contribution in [0.2, 0.25) is 5.02 Å². The van der Waals surface area contributed by atoms with Crippen molar-refractivity contribution in [2.45, 2.75) is 26.7 Å². The van der Waals surface area contributed by atoms with Crippen LogP contribution in [0.3, 0.4) is 0 Å². The number of hydrogen-bond donors (Lipinski definition) is 1. The van der Waals surface area contributed by atoms with Gasteiger partial charge >= 0.3 is 0 Å². The molecule has 1 fully saturated rings. The van der Waals surface area contributed by atoms with Crippen molar-refractivity contribution in [2.75, 3.05) is 18.8 Å². The Labute approximate surface area is 113 Å². The predicted octanol–water partition coefficient (Wildman–Crippen LogP) is 3.18. The molecule has 4 heteroatoms. The highest BCUT2D eigenvalue weighted by atomic mass is 35.5. The van der Waals surface area contributed by atoms with Crippen molar-refractivity contribution in [3.05, 3.63) is 28.8 Å². The fourth-order valence-corrected chi connectivity index (χ4v) is 2.34. The molecule has 2 N–H and O–H groups in total. The zero-order valence-electron chi connectivity index (χ0n) is 10.9. The number of nitrogen functional groups attached to an aromatic ring is 1. The van der Waals surface area contributed by atoms with E-state index in [4.69, 9.17) is 17.3 Å². The zero-order valence-corrected chi connectivity index (χ0v) is 11.6. The molecule has 1 aromatic rings. The summed E-state index contributed by atoms with van der Waals surface area (Å²) in [5, 5.41) is 0.443. The molecule has 0 radical (unpaired) electrons. The van der Waals surface area contributed by atoms with Gasteiger partial charge in [-0.1, -0.05) is 25.4 Å². The van der Waals surface area contributed by atoms with Crippen molar-refractivity contribution < 1.29 is 4.79 Å². The van der Waals surface area contributed by atoms with Gasteiger partial charge in [0.2, 0.25) is 0 Å². The third kappa shape index (κ3) is 2.78. The van der Waals surface area contributed by atoms with E-state index in [-0.39, 0.29) is 5.91 Å². The Hall–Kier alpha value is -1.22. The molecule has 1 aliphatic heterocycles. The second-order valence-electron chi connectivity index (χ2n) is 5.69. The van der Waals surface area contributed by atoms with Crippen LogP contribution in [0.4, 0.5) is 5.69 Å². The fraction of sp³-hybridized carbons (Fsp3) is 0.500. The van der Waals surface area contributed by atoms with Crippen molar-refractivity contribution >= 4 is 23.2 Å². The molecule has 0 aliphatic carbocycles. The lowest BCUT2D eigenvalue weighted by molar-refractivity contribution is 0.0630. The number of likely N-dealkylation sites (tertiary alicyclic amines) is 1. The van der Waals surface area contributed by atoms with Crippen LogP contribution in [0.15, 0.2) is 18.2 Å². The van der Waals surface area contributed by atoms with Crippen LogP contribution in [-0.4, -0.2) is 23.9 Å². The van der Waals surface area contributed by atoms with Gasteiger partial charge in [0.15, 0.2) is 0 Å². The quantitative estimate of drug-likeness (QED) is 0.794. The summed E-state index contributed by atoms with van der Waals surface area (Å²) in [7, 11) is 0. The number of carbonyl (C=O) groups excluding carboxylic acids is 1. The number of anilines is 1. The molecule has 3 nitrogen and oxygen atoms in total. The van der Waals surface area contributed by atoms with Gasteiger partial charge in [-0.25, -0.2) is 0 Å². The largest absolute Gasteiger partial charge is 0.398 e. The molecule has 0 aromatic heterocycles. The van der Waals surface area contributed by atoms with Gasteiger partial charge < -0.3 is 10.6 Å². The zero-order chi connectivity index (χ0) is 13.3. The second-order valence-corrected chi connectivity index (χ2v) is 6.10. The average Bonchev–Trinajstić information content (AvgIpc) is 2.32. The standard InChI is InChI=1S/C14H19ClN2O/c1-14(2)5-7-17(8-6-14)13(18)10-3-4-12(16)11(15)9-10/h3-4,9H,5-8,16H2,1-2H3. The maximum Gasteiger partial charge on any atom is 0.253 e. The molecule has 1 heterocycles. The topological polar surface area (TPSA) is 46.3 Å². The number of piperidine rings is 1. The molecule has 1 aromatic carbocycles. The Bertz CT molecular complexity index is 461. The SMILES string of the molecule is CC1(C)CCN(C(=O)c2ccc(N)c(Cl)c2)CC1. The predicted molar refractivity (Wildman–Crippen MR) is 74.8 cm³/mol. The summed E-state index contributed by atoms with van der Waals surface area (Å²) >= 11 is 5.95. The van der Waals surface area contributed by atoms with E-state index >= 15 is 0 Å². The first kappa shape index (κ1) is 13.2. The molecule has 0 saturated carbocycles. The molecule has 0 atom stereocenters. The van der Waals surface area contributed by atoms with Crippen LogP contribution in [0, 0.1) is 5.41 Å². The van der Waals surface area contributed by atoms with Crippen molar-refractivity contribution in [3.63, 3.8) is 0 Å². The van der Waals surface area contributed by atoms with Crippen molar-refractivity contribution in [3.8, 4) is 0 Å². The van der Waals surface area contributed by atoms with Crippen molar-refractivity contribution in [1.29, 1.82) is 0 Å². The highest BCUT2D eigenvalue weighted by Crippen LogP contribution is 2.30. The average molecular weight is 267 g/mol. The van der Waals surface area contributed by atoms with E-state index in [1.54, 1.807) is 18.2 Å². The normalized spacial score (nSPS) is 18.7. The lowest BCUT2D eigenvalue weighted by Crippen LogP contribution is -2.41. The first-order chi connectivity index (χ1) is 8.39. The van der Waals surface area contributed by atoms with Gasteiger partial charge in [-0.2, -0.15) is 0 Å². The van der Waals surface area contributed by atoms with Crippen molar-refractivity contribution in [1.82, 2.24) is 4.90 Å². The van der Waals surface area contributed by atoms with Crippen LogP contribution in [0.5, 0.6) is 0 Å². The number of benzene rings is 1. The van der Waals surface area contributed by atoms with Crippen LogP contribution in [0.25, 0.3) is 0 Å². The number of halogens is 1. The molecular weight excluding hydrogens is 248 g/mol. The van der Waals surface area contributed by atoms with E-state index in [1.165, 1.54) is 0 Å². The van der Waals surface area contributed by atoms with E-state index in [0.717, 1.165) is 25.9 Å². The monoisotopic (exact) mass is 266 g/mol. The Morgan fingerprint density at radius 2 is 1.94 bits per heavy atom. The van der Waals surface area contributed by atoms with E-state index in [2.05, 4.69) is 13.8 Å². The van der Waals surface area contributed by atoms with Gasteiger partial charge in [-0.15, -0.1) is 0 Å². The third-order valence-electron chi connectivity index (χ3n) is 3.65. The van der Waals surface area contributed by atoms with Crippen LogP contribution in [0.1, 0.15) is 37.0 Å². The van der Waals surface area contributed by atoms with Crippen LogP contribution in [-0.2, 0) is 0 Å². The minimum absolute atomic E-state index is 0.0485. The Morgan fingerprint density at radius 3 is 2.50 bits per heavy atom. The Balaban J connectivity index is 2.10. The van der Waals surface area contributed by atoms with E-state index in [1.807, 2.05) is 4.90 Å². The summed E-state index contributed by atoms with van der Waals surface area (Å²) in [6.07, 6.45) is 2.09. The first-order valence-corrected chi connectivity index (χ1v) is 6.61. The molecular formula is C14H19ClN2O. The van der Waals surface area contributed by atoms with Gasteiger partial charge in [-0.3, -0.25) is 4.79 Å². The van der Waals surface area contributed by atoms with Gasteiger partial charge in [0.05, 0.1) is 10.7 Å². The molecule has 98 valence electrons. The first-order valence-electron chi connectivity index (χ1n) is 6.23. The molecule has 1 aliphatic rings. The smallest absolute Gasteiger partial charge is 0.253 e. The van der Waals surface area contributed by atoms with Crippen molar-refractivity contribution in [2.24, 2.45) is 5.41 Å². The number of amides is 1. The number of nitrogens with two attached hydrogens (primary N) is 1. The molecule has 0 bridgehead atoms. The lowest BCUT2D eigenvalue weighted by Gasteiger charge is -2.37. The van der Waals surface area contributed by atoms with Gasteiger partial charge in [0.1, 0.15) is 0 Å². The van der Waals surface area contributed by atoms with Gasteiger partial charge in [0, 0.05) is 18.7 Å². The van der Waals surface area contributed by atoms with E-state index < -0.39 is 0 Å². The molecule has 1 saturated heterocycles. The number of rotatable bonds is 1. The molecule has 0 unspecified atom stereocenters.